The molecule has 190 valence electrons. The average Bonchev–Trinajstić information content (AvgIpc) is 3.49. The van der Waals surface area contributed by atoms with E-state index in [-0.39, 0.29) is 42.9 Å². The number of fused-ring (bicyclic) bond motifs is 1. The van der Waals surface area contributed by atoms with Gasteiger partial charge in [-0.25, -0.2) is 0 Å². The van der Waals surface area contributed by atoms with Crippen molar-refractivity contribution in [3.05, 3.63) is 33.8 Å². The van der Waals surface area contributed by atoms with E-state index in [0.717, 1.165) is 23.4 Å². The van der Waals surface area contributed by atoms with Crippen LogP contribution in [0.3, 0.4) is 0 Å². The van der Waals surface area contributed by atoms with Gasteiger partial charge in [0.2, 0.25) is 11.8 Å². The number of carbonyl (C=O) groups excluding carboxylic acids is 2. The Kier molecular flexibility index (Phi) is 6.62. The monoisotopic (exact) mass is 497 g/mol. The molecule has 2 aliphatic rings. The third-order valence-electron chi connectivity index (χ3n) is 5.79. The van der Waals surface area contributed by atoms with E-state index in [9.17, 15) is 32.7 Å². The largest absolute Gasteiger partial charge is 0.492 e. The molecule has 1 saturated carbocycles. The molecule has 3 heterocycles. The SMILES string of the molecule is CC(C)Cn1c(=O)c(C(=O)NC2CC2)c(O)n2ncc(/C=C/C(=O)N3CCOC[C@H]3C(F)(F)F)c12. The standard InChI is InChI=1S/C22H26F3N5O5/c1-12(2)10-29-19-13(3-6-16(31)28-7-8-35-11-15(28)22(23,24)25)9-26-30(19)21(34)17(20(29)33)18(32)27-14-4-5-14/h3,6,9,12,14-15,34H,4-5,7-8,10-11H2,1-2H3,(H,27,32)/b6-3+/t15-/m0/s1. The third-order valence-corrected chi connectivity index (χ3v) is 5.79. The van der Waals surface area contributed by atoms with Crippen LogP contribution in [-0.4, -0.2) is 74.0 Å². The quantitative estimate of drug-likeness (QED) is 0.585. The number of nitrogens with one attached hydrogen (secondary N) is 1. The van der Waals surface area contributed by atoms with Gasteiger partial charge in [-0.15, -0.1) is 0 Å². The minimum Gasteiger partial charge on any atom is -0.492 e. The van der Waals surface area contributed by atoms with Gasteiger partial charge >= 0.3 is 6.18 Å². The minimum atomic E-state index is -4.64. The Morgan fingerprint density at radius 3 is 2.69 bits per heavy atom. The van der Waals surface area contributed by atoms with Crippen molar-refractivity contribution >= 4 is 23.5 Å². The second-order valence-electron chi connectivity index (χ2n) is 9.09. The lowest BCUT2D eigenvalue weighted by molar-refractivity contribution is -0.211. The molecule has 10 nitrogen and oxygen atoms in total. The van der Waals surface area contributed by atoms with Crippen LogP contribution in [0.4, 0.5) is 13.2 Å². The Labute approximate surface area is 198 Å². The number of aromatic hydroxyl groups is 1. The first-order valence-electron chi connectivity index (χ1n) is 11.3. The zero-order valence-electron chi connectivity index (χ0n) is 19.2. The number of hydrogen-bond donors (Lipinski definition) is 2. The fraction of sp³-hybridized carbons (Fsp3) is 0.545. The second kappa shape index (κ2) is 9.36. The van der Waals surface area contributed by atoms with Crippen molar-refractivity contribution in [3.63, 3.8) is 0 Å². The average molecular weight is 497 g/mol. The first-order chi connectivity index (χ1) is 16.5. The normalized spacial score (nSPS) is 19.1. The summed E-state index contributed by atoms with van der Waals surface area (Å²) < 4.78 is 47.1. The molecule has 4 rings (SSSR count). The topological polar surface area (TPSA) is 118 Å². The van der Waals surface area contributed by atoms with Gasteiger partial charge in [-0.05, 0) is 24.8 Å². The van der Waals surface area contributed by atoms with Crippen molar-refractivity contribution in [3.8, 4) is 5.88 Å². The van der Waals surface area contributed by atoms with Crippen molar-refractivity contribution in [1.29, 1.82) is 0 Å². The summed E-state index contributed by atoms with van der Waals surface area (Å²) >= 11 is 0. The van der Waals surface area contributed by atoms with Gasteiger partial charge in [0.05, 0.1) is 19.4 Å². The fourth-order valence-electron chi connectivity index (χ4n) is 3.94. The number of hydrogen-bond acceptors (Lipinski definition) is 6. The van der Waals surface area contributed by atoms with E-state index in [1.165, 1.54) is 16.8 Å². The van der Waals surface area contributed by atoms with E-state index in [0.29, 0.717) is 4.90 Å². The summed E-state index contributed by atoms with van der Waals surface area (Å²) in [6.07, 6.45) is 0.410. The summed E-state index contributed by atoms with van der Waals surface area (Å²) in [6.45, 7) is 2.99. The van der Waals surface area contributed by atoms with E-state index >= 15 is 0 Å². The van der Waals surface area contributed by atoms with Crippen LogP contribution in [-0.2, 0) is 16.1 Å². The summed E-state index contributed by atoms with van der Waals surface area (Å²) in [4.78, 5) is 39.2. The summed E-state index contributed by atoms with van der Waals surface area (Å²) in [5.41, 5.74) is -0.838. The van der Waals surface area contributed by atoms with E-state index in [1.807, 2.05) is 13.8 Å². The van der Waals surface area contributed by atoms with Gasteiger partial charge in [0.15, 0.2) is 11.6 Å². The highest BCUT2D eigenvalue weighted by molar-refractivity contribution is 5.97. The lowest BCUT2D eigenvalue weighted by Gasteiger charge is -2.35. The minimum absolute atomic E-state index is 0.0175. The lowest BCUT2D eigenvalue weighted by Crippen LogP contribution is -2.55. The van der Waals surface area contributed by atoms with Crippen LogP contribution < -0.4 is 10.9 Å². The molecule has 1 saturated heterocycles. The van der Waals surface area contributed by atoms with Crippen LogP contribution in [0.1, 0.15) is 42.6 Å². The molecule has 1 aliphatic carbocycles. The number of amides is 2. The highest BCUT2D eigenvalue weighted by Crippen LogP contribution is 2.28. The lowest BCUT2D eigenvalue weighted by atomic mass is 10.2. The van der Waals surface area contributed by atoms with Gasteiger partial charge < -0.3 is 20.1 Å². The van der Waals surface area contributed by atoms with E-state index in [4.69, 9.17) is 4.74 Å². The number of morpholine rings is 1. The van der Waals surface area contributed by atoms with E-state index < -0.39 is 47.6 Å². The molecule has 2 fully saturated rings. The van der Waals surface area contributed by atoms with Gasteiger partial charge in [-0.3, -0.25) is 19.0 Å². The molecule has 1 atom stereocenters. The number of ether oxygens (including phenoxy) is 1. The summed E-state index contributed by atoms with van der Waals surface area (Å²) in [5.74, 6) is -2.27. The Bertz CT molecular complexity index is 1230. The Hall–Kier alpha value is -3.35. The molecule has 0 bridgehead atoms. The molecule has 35 heavy (non-hydrogen) atoms. The van der Waals surface area contributed by atoms with Crippen LogP contribution in [0.2, 0.25) is 0 Å². The number of carbonyl (C=O) groups is 2. The highest BCUT2D eigenvalue weighted by Gasteiger charge is 2.46. The van der Waals surface area contributed by atoms with Crippen LogP contribution in [0.25, 0.3) is 11.7 Å². The number of aromatic nitrogens is 3. The number of alkyl halides is 3. The van der Waals surface area contributed by atoms with E-state index in [1.54, 1.807) is 0 Å². The summed E-state index contributed by atoms with van der Waals surface area (Å²) in [7, 11) is 0. The molecule has 0 radical (unpaired) electrons. The molecule has 1 aliphatic heterocycles. The number of rotatable bonds is 6. The predicted molar refractivity (Wildman–Crippen MR) is 118 cm³/mol. The predicted octanol–water partition coefficient (Wildman–Crippen LogP) is 1.55. The van der Waals surface area contributed by atoms with Crippen molar-refractivity contribution in [1.82, 2.24) is 24.4 Å². The van der Waals surface area contributed by atoms with Gasteiger partial charge in [-0.1, -0.05) is 13.8 Å². The van der Waals surface area contributed by atoms with Gasteiger partial charge in [0.25, 0.3) is 11.5 Å². The summed E-state index contributed by atoms with van der Waals surface area (Å²) in [5, 5.41) is 17.4. The maximum atomic E-state index is 13.3. The Morgan fingerprint density at radius 2 is 2.06 bits per heavy atom. The first kappa shape index (κ1) is 24.8. The Morgan fingerprint density at radius 1 is 1.34 bits per heavy atom. The molecule has 2 aromatic heterocycles. The smallest absolute Gasteiger partial charge is 0.411 e. The molecular formula is C22H26F3N5O5. The van der Waals surface area contributed by atoms with Gasteiger partial charge in [-0.2, -0.15) is 22.8 Å². The molecule has 2 aromatic rings. The maximum Gasteiger partial charge on any atom is 0.411 e. The molecule has 2 N–H and O–H groups in total. The van der Waals surface area contributed by atoms with Crippen molar-refractivity contribution in [2.24, 2.45) is 5.92 Å². The van der Waals surface area contributed by atoms with Crippen molar-refractivity contribution in [2.45, 2.75) is 51.5 Å². The first-order valence-corrected chi connectivity index (χ1v) is 11.3. The maximum absolute atomic E-state index is 13.3. The number of halogens is 3. The molecule has 13 heteroatoms. The van der Waals surface area contributed by atoms with Crippen molar-refractivity contribution < 1.29 is 32.6 Å². The zero-order chi connectivity index (χ0) is 25.5. The Balaban J connectivity index is 1.73. The van der Waals surface area contributed by atoms with Gasteiger partial charge in [0.1, 0.15) is 5.65 Å². The van der Waals surface area contributed by atoms with Crippen molar-refractivity contribution in [2.75, 3.05) is 19.8 Å². The molecule has 2 amide bonds. The molecular weight excluding hydrogens is 471 g/mol. The van der Waals surface area contributed by atoms with E-state index in [2.05, 4.69) is 10.4 Å². The molecule has 0 aromatic carbocycles. The molecule has 0 unspecified atom stereocenters. The zero-order valence-corrected chi connectivity index (χ0v) is 19.2. The summed E-state index contributed by atoms with van der Waals surface area (Å²) in [6, 6.07) is -2.11. The fourth-order valence-corrected chi connectivity index (χ4v) is 3.94. The third kappa shape index (κ3) is 5.04. The highest BCUT2D eigenvalue weighted by atomic mass is 19.4. The van der Waals surface area contributed by atoms with Gasteiger partial charge in [0, 0.05) is 30.8 Å². The molecule has 0 spiro atoms. The van der Waals surface area contributed by atoms with Crippen LogP contribution in [0.5, 0.6) is 5.88 Å². The van der Waals surface area contributed by atoms with Crippen LogP contribution >= 0.6 is 0 Å². The van der Waals surface area contributed by atoms with Crippen LogP contribution in [0, 0.1) is 5.92 Å². The second-order valence-corrected chi connectivity index (χ2v) is 9.09. The number of nitrogens with zero attached hydrogens (tertiary/aromatic N) is 4. The van der Waals surface area contributed by atoms with Crippen LogP contribution in [0.15, 0.2) is 17.1 Å².